The normalized spacial score (nSPS) is 22.3. The first kappa shape index (κ1) is 20.5. The predicted molar refractivity (Wildman–Crippen MR) is 118 cm³/mol. The van der Waals surface area contributed by atoms with Gasteiger partial charge in [-0.25, -0.2) is 9.59 Å². The number of benzene rings is 2. The molecule has 0 aliphatic carbocycles. The van der Waals surface area contributed by atoms with Gasteiger partial charge in [-0.1, -0.05) is 18.6 Å². The molecule has 2 aromatic rings. The van der Waals surface area contributed by atoms with E-state index in [1.54, 1.807) is 12.1 Å². The van der Waals surface area contributed by atoms with Crippen LogP contribution in [0, 0.1) is 0 Å². The number of amides is 3. The largest absolute Gasteiger partial charge is 0.465 e. The van der Waals surface area contributed by atoms with Gasteiger partial charge in [0.2, 0.25) is 5.91 Å². The van der Waals surface area contributed by atoms with E-state index >= 15 is 0 Å². The second kappa shape index (κ2) is 8.95. The maximum absolute atomic E-state index is 12.3. The molecule has 0 spiro atoms. The maximum Gasteiger partial charge on any atom is 0.337 e. The molecule has 0 saturated carbocycles. The van der Waals surface area contributed by atoms with E-state index in [9.17, 15) is 14.4 Å². The number of methoxy groups -OCH3 is 1. The number of rotatable bonds is 7. The monoisotopic (exact) mass is 427 g/mol. The summed E-state index contributed by atoms with van der Waals surface area (Å²) in [6.07, 6.45) is 3.24. The topological polar surface area (TPSA) is 96.5 Å². The van der Waals surface area contributed by atoms with Crippen molar-refractivity contribution in [1.82, 2.24) is 10.6 Å². The Morgan fingerprint density at radius 3 is 2.77 bits per heavy atom. The minimum absolute atomic E-state index is 0.00619. The molecule has 0 radical (unpaired) electrons. The van der Waals surface area contributed by atoms with E-state index in [1.165, 1.54) is 7.11 Å². The van der Waals surface area contributed by atoms with Crippen molar-refractivity contribution in [1.29, 1.82) is 0 Å². The Balaban J connectivity index is 1.24. The zero-order valence-electron chi connectivity index (χ0n) is 16.8. The summed E-state index contributed by atoms with van der Waals surface area (Å²) in [4.78, 5) is 35.4. The fourth-order valence-electron chi connectivity index (χ4n) is 4.07. The van der Waals surface area contributed by atoms with Crippen molar-refractivity contribution in [3.8, 4) is 0 Å². The Hall–Kier alpha value is -2.74. The number of esters is 1. The van der Waals surface area contributed by atoms with Gasteiger partial charge in [0.1, 0.15) is 0 Å². The Morgan fingerprint density at radius 1 is 1.13 bits per heavy atom. The van der Waals surface area contributed by atoms with Gasteiger partial charge in [0.25, 0.3) is 0 Å². The highest BCUT2D eigenvalue weighted by molar-refractivity contribution is 8.00. The molecule has 2 heterocycles. The molecule has 3 amide bonds. The highest BCUT2D eigenvalue weighted by Gasteiger charge is 2.42. The van der Waals surface area contributed by atoms with Crippen LogP contribution in [0.4, 0.5) is 10.5 Å². The van der Waals surface area contributed by atoms with E-state index in [4.69, 9.17) is 4.74 Å². The van der Waals surface area contributed by atoms with E-state index in [0.29, 0.717) is 17.2 Å². The van der Waals surface area contributed by atoms with Crippen LogP contribution in [0.5, 0.6) is 0 Å². The van der Waals surface area contributed by atoms with Crippen LogP contribution in [0.15, 0.2) is 36.4 Å². The lowest BCUT2D eigenvalue weighted by Gasteiger charge is -2.16. The number of anilines is 1. The van der Waals surface area contributed by atoms with Crippen LogP contribution >= 0.6 is 11.8 Å². The average Bonchev–Trinajstić information content (AvgIpc) is 3.29. The molecular formula is C22H25N3O4S. The van der Waals surface area contributed by atoms with Crippen LogP contribution in [-0.2, 0) is 9.53 Å². The SMILES string of the molecule is COC(=O)c1ccc2cc(NC(=O)CCCC[C@H]3SC[C@H]4NC(=O)N[C@H]43)ccc2c1. The predicted octanol–water partition coefficient (Wildman–Crippen LogP) is 3.29. The summed E-state index contributed by atoms with van der Waals surface area (Å²) in [5, 5.41) is 11.2. The lowest BCUT2D eigenvalue weighted by molar-refractivity contribution is -0.116. The molecule has 30 heavy (non-hydrogen) atoms. The molecule has 2 fully saturated rings. The van der Waals surface area contributed by atoms with Crippen molar-refractivity contribution in [2.24, 2.45) is 0 Å². The first-order valence-electron chi connectivity index (χ1n) is 10.1. The summed E-state index contributed by atoms with van der Waals surface area (Å²) in [7, 11) is 1.36. The van der Waals surface area contributed by atoms with Gasteiger partial charge in [-0.3, -0.25) is 4.79 Å². The summed E-state index contributed by atoms with van der Waals surface area (Å²) in [6, 6.07) is 11.4. The number of hydrogen-bond donors (Lipinski definition) is 3. The molecule has 3 atom stereocenters. The number of thioether (sulfide) groups is 1. The Bertz CT molecular complexity index is 980. The minimum Gasteiger partial charge on any atom is -0.465 e. The molecule has 0 unspecified atom stereocenters. The molecule has 7 nitrogen and oxygen atoms in total. The maximum atomic E-state index is 12.3. The molecule has 2 aliphatic rings. The summed E-state index contributed by atoms with van der Waals surface area (Å²) in [6.45, 7) is 0. The zero-order valence-corrected chi connectivity index (χ0v) is 17.6. The van der Waals surface area contributed by atoms with Crippen molar-refractivity contribution >= 4 is 46.1 Å². The Kier molecular flexibility index (Phi) is 6.13. The van der Waals surface area contributed by atoms with Crippen LogP contribution in [0.25, 0.3) is 10.8 Å². The smallest absolute Gasteiger partial charge is 0.337 e. The molecule has 8 heteroatoms. The van der Waals surface area contributed by atoms with Gasteiger partial charge in [-0.2, -0.15) is 11.8 Å². The summed E-state index contributed by atoms with van der Waals surface area (Å²) < 4.78 is 4.75. The minimum atomic E-state index is -0.368. The molecule has 0 aromatic heterocycles. The number of unbranched alkanes of at least 4 members (excludes halogenated alkanes) is 1. The third-order valence-electron chi connectivity index (χ3n) is 5.63. The number of urea groups is 1. The van der Waals surface area contributed by atoms with Crippen LogP contribution in [0.2, 0.25) is 0 Å². The van der Waals surface area contributed by atoms with Gasteiger partial charge in [0, 0.05) is 23.1 Å². The quantitative estimate of drug-likeness (QED) is 0.358. The number of hydrogen-bond acceptors (Lipinski definition) is 5. The van der Waals surface area contributed by atoms with E-state index in [2.05, 4.69) is 16.0 Å². The molecular weight excluding hydrogens is 402 g/mol. The van der Waals surface area contributed by atoms with E-state index in [-0.39, 0.29) is 30.0 Å². The average molecular weight is 428 g/mol. The Morgan fingerprint density at radius 2 is 1.93 bits per heavy atom. The molecule has 0 bridgehead atoms. The number of carbonyl (C=O) groups is 3. The second-order valence-electron chi connectivity index (χ2n) is 7.68. The van der Waals surface area contributed by atoms with Crippen molar-refractivity contribution in [3.05, 3.63) is 42.0 Å². The number of carbonyl (C=O) groups excluding carboxylic acids is 3. The van der Waals surface area contributed by atoms with E-state index < -0.39 is 0 Å². The lowest BCUT2D eigenvalue weighted by atomic mass is 10.0. The van der Waals surface area contributed by atoms with Gasteiger partial charge >= 0.3 is 12.0 Å². The van der Waals surface area contributed by atoms with Crippen molar-refractivity contribution in [3.63, 3.8) is 0 Å². The van der Waals surface area contributed by atoms with Gasteiger partial charge in [0.15, 0.2) is 0 Å². The molecule has 4 rings (SSSR count). The van der Waals surface area contributed by atoms with Crippen molar-refractivity contribution < 1.29 is 19.1 Å². The van der Waals surface area contributed by atoms with Gasteiger partial charge < -0.3 is 20.7 Å². The molecule has 2 saturated heterocycles. The zero-order chi connectivity index (χ0) is 21.1. The summed E-state index contributed by atoms with van der Waals surface area (Å²) in [5.74, 6) is 0.582. The van der Waals surface area contributed by atoms with Crippen LogP contribution in [0.3, 0.4) is 0 Å². The molecule has 3 N–H and O–H groups in total. The lowest BCUT2D eigenvalue weighted by Crippen LogP contribution is -2.36. The fourth-order valence-corrected chi connectivity index (χ4v) is 5.61. The highest BCUT2D eigenvalue weighted by Crippen LogP contribution is 2.33. The van der Waals surface area contributed by atoms with Crippen LogP contribution < -0.4 is 16.0 Å². The van der Waals surface area contributed by atoms with Gasteiger partial charge in [-0.05, 0) is 47.9 Å². The standard InChI is InChI=1S/C22H25N3O4S/c1-29-21(27)15-7-6-14-11-16(9-8-13(14)10-15)23-19(26)5-3-2-4-18-20-17(12-30-18)24-22(28)25-20/h6-11,17-18,20H,2-5,12H2,1H3,(H,23,26)(H2,24,25,28)/t17-,18-,20-/m1/s1. The molecule has 2 aliphatic heterocycles. The first-order chi connectivity index (χ1) is 14.5. The van der Waals surface area contributed by atoms with Crippen molar-refractivity contribution in [2.45, 2.75) is 43.0 Å². The third kappa shape index (κ3) is 4.53. The Labute approximate surface area is 179 Å². The number of fused-ring (bicyclic) bond motifs is 2. The third-order valence-corrected chi connectivity index (χ3v) is 7.13. The highest BCUT2D eigenvalue weighted by atomic mass is 32.2. The number of ether oxygens (including phenoxy) is 1. The second-order valence-corrected chi connectivity index (χ2v) is 8.96. The summed E-state index contributed by atoms with van der Waals surface area (Å²) >= 11 is 1.90. The van der Waals surface area contributed by atoms with Gasteiger partial charge in [0.05, 0.1) is 24.8 Å². The van der Waals surface area contributed by atoms with Crippen molar-refractivity contribution in [2.75, 3.05) is 18.2 Å². The summed E-state index contributed by atoms with van der Waals surface area (Å²) in [5.41, 5.74) is 1.24. The van der Waals surface area contributed by atoms with Crippen LogP contribution in [-0.4, -0.2) is 48.1 Å². The molecule has 158 valence electrons. The first-order valence-corrected chi connectivity index (χ1v) is 11.2. The van der Waals surface area contributed by atoms with E-state index in [1.807, 2.05) is 36.0 Å². The number of nitrogens with one attached hydrogen (secondary N) is 3. The van der Waals surface area contributed by atoms with Gasteiger partial charge in [-0.15, -0.1) is 0 Å². The van der Waals surface area contributed by atoms with E-state index in [0.717, 1.165) is 41.5 Å². The fraction of sp³-hybridized carbons (Fsp3) is 0.409. The van der Waals surface area contributed by atoms with Crippen LogP contribution in [0.1, 0.15) is 36.0 Å². The molecule has 2 aromatic carbocycles.